The summed E-state index contributed by atoms with van der Waals surface area (Å²) in [4.78, 5) is 32.6. The number of pyridine rings is 1. The van der Waals surface area contributed by atoms with Crippen LogP contribution in [-0.2, 0) is 0 Å². The average molecular weight is 330 g/mol. The van der Waals surface area contributed by atoms with Crippen molar-refractivity contribution in [2.75, 3.05) is 26.2 Å². The third-order valence-corrected chi connectivity index (χ3v) is 5.02. The summed E-state index contributed by atoms with van der Waals surface area (Å²) in [6.45, 7) is 5.17. The molecule has 1 aromatic rings. The number of nitrogens with zero attached hydrogens (tertiary/aromatic N) is 3. The third-order valence-electron chi connectivity index (χ3n) is 5.02. The number of carbonyl (C=O) groups is 2. The van der Waals surface area contributed by atoms with Gasteiger partial charge in [0, 0.05) is 44.6 Å². The molecular formula is C18H26N4O2. The lowest BCUT2D eigenvalue weighted by atomic mass is 10.0. The molecule has 6 nitrogen and oxygen atoms in total. The van der Waals surface area contributed by atoms with Gasteiger partial charge >= 0.3 is 6.03 Å². The van der Waals surface area contributed by atoms with E-state index in [4.69, 9.17) is 0 Å². The van der Waals surface area contributed by atoms with E-state index in [-0.39, 0.29) is 18.0 Å². The van der Waals surface area contributed by atoms with Gasteiger partial charge in [0.1, 0.15) is 0 Å². The molecule has 2 aliphatic heterocycles. The molecule has 2 aliphatic rings. The highest BCUT2D eigenvalue weighted by atomic mass is 16.2. The van der Waals surface area contributed by atoms with Gasteiger partial charge in [-0.25, -0.2) is 4.79 Å². The van der Waals surface area contributed by atoms with Crippen LogP contribution in [0.4, 0.5) is 4.79 Å². The van der Waals surface area contributed by atoms with Crippen LogP contribution in [0.15, 0.2) is 24.5 Å². The van der Waals surface area contributed by atoms with Gasteiger partial charge in [0.05, 0.1) is 5.56 Å². The van der Waals surface area contributed by atoms with Crippen LogP contribution in [0.1, 0.15) is 43.0 Å². The van der Waals surface area contributed by atoms with Crippen LogP contribution >= 0.6 is 0 Å². The lowest BCUT2D eigenvalue weighted by molar-refractivity contribution is 0.0788. The molecule has 0 aliphatic carbocycles. The van der Waals surface area contributed by atoms with E-state index in [1.54, 1.807) is 29.4 Å². The highest BCUT2D eigenvalue weighted by molar-refractivity contribution is 5.94. The maximum absolute atomic E-state index is 12.5. The first-order valence-electron chi connectivity index (χ1n) is 8.88. The Morgan fingerprint density at radius 1 is 1.17 bits per heavy atom. The summed E-state index contributed by atoms with van der Waals surface area (Å²) in [6.07, 6.45) is 7.40. The minimum Gasteiger partial charge on any atom is -0.336 e. The molecule has 0 aromatic carbocycles. The second-order valence-corrected chi connectivity index (χ2v) is 6.95. The Morgan fingerprint density at radius 2 is 2.00 bits per heavy atom. The highest BCUT2D eigenvalue weighted by Gasteiger charge is 2.29. The summed E-state index contributed by atoms with van der Waals surface area (Å²) in [6, 6.07) is 3.60. The van der Waals surface area contributed by atoms with Crippen LogP contribution in [0.5, 0.6) is 0 Å². The van der Waals surface area contributed by atoms with Gasteiger partial charge in [-0.15, -0.1) is 0 Å². The van der Waals surface area contributed by atoms with Gasteiger partial charge in [-0.05, 0) is 43.7 Å². The maximum Gasteiger partial charge on any atom is 0.317 e. The molecule has 130 valence electrons. The largest absolute Gasteiger partial charge is 0.336 e. The molecule has 3 amide bonds. The number of nitrogens with one attached hydrogen (secondary N) is 1. The zero-order chi connectivity index (χ0) is 16.9. The van der Waals surface area contributed by atoms with Crippen molar-refractivity contribution >= 4 is 11.9 Å². The monoisotopic (exact) mass is 330 g/mol. The third kappa shape index (κ3) is 4.04. The second kappa shape index (κ2) is 7.64. The molecule has 24 heavy (non-hydrogen) atoms. The molecule has 2 saturated heterocycles. The zero-order valence-corrected chi connectivity index (χ0v) is 14.3. The van der Waals surface area contributed by atoms with Gasteiger partial charge in [0.25, 0.3) is 5.91 Å². The van der Waals surface area contributed by atoms with Crippen molar-refractivity contribution in [2.45, 2.75) is 38.6 Å². The molecule has 0 spiro atoms. The molecule has 3 rings (SSSR count). The van der Waals surface area contributed by atoms with Crippen molar-refractivity contribution in [3.63, 3.8) is 0 Å². The van der Waals surface area contributed by atoms with E-state index in [0.717, 1.165) is 32.4 Å². The number of likely N-dealkylation sites (tertiary alicyclic amines) is 2. The van der Waals surface area contributed by atoms with E-state index in [2.05, 4.69) is 17.2 Å². The minimum absolute atomic E-state index is 0.0107. The Labute approximate surface area is 143 Å². The normalized spacial score (nSPS) is 24.5. The number of hydrogen-bond donors (Lipinski definition) is 1. The molecule has 2 fully saturated rings. The molecule has 1 N–H and O–H groups in total. The van der Waals surface area contributed by atoms with Crippen molar-refractivity contribution < 1.29 is 9.59 Å². The molecule has 1 aromatic heterocycles. The lowest BCUT2D eigenvalue weighted by Crippen LogP contribution is -2.46. The van der Waals surface area contributed by atoms with E-state index >= 15 is 0 Å². The van der Waals surface area contributed by atoms with E-state index < -0.39 is 0 Å². The Balaban J connectivity index is 1.50. The van der Waals surface area contributed by atoms with Gasteiger partial charge in [0.15, 0.2) is 0 Å². The van der Waals surface area contributed by atoms with Crippen LogP contribution in [-0.4, -0.2) is 58.9 Å². The van der Waals surface area contributed by atoms with Crippen LogP contribution in [0.3, 0.4) is 0 Å². The first-order valence-corrected chi connectivity index (χ1v) is 8.88. The van der Waals surface area contributed by atoms with Gasteiger partial charge in [-0.2, -0.15) is 0 Å². The quantitative estimate of drug-likeness (QED) is 0.903. The van der Waals surface area contributed by atoms with Gasteiger partial charge in [-0.1, -0.05) is 6.92 Å². The Hall–Kier alpha value is -2.11. The SMILES string of the molecule is CC1CCCN(C(=O)NC2CCN(C(=O)c3cccnc3)C2)CC1. The smallest absolute Gasteiger partial charge is 0.317 e. The molecule has 0 bridgehead atoms. The Bertz CT molecular complexity index is 578. The Morgan fingerprint density at radius 3 is 2.79 bits per heavy atom. The summed E-state index contributed by atoms with van der Waals surface area (Å²) in [7, 11) is 0. The molecule has 2 unspecified atom stereocenters. The standard InChI is InChI=1S/C18H26N4O2/c1-14-4-3-9-21(10-6-14)18(24)20-16-7-11-22(13-16)17(23)15-5-2-8-19-12-15/h2,5,8,12,14,16H,3-4,6-7,9-11,13H2,1H3,(H,20,24). The number of urea groups is 1. The molecule has 0 radical (unpaired) electrons. The average Bonchev–Trinajstić information content (AvgIpc) is 2.95. The summed E-state index contributed by atoms with van der Waals surface area (Å²) in [5, 5.41) is 3.10. The second-order valence-electron chi connectivity index (χ2n) is 6.95. The summed E-state index contributed by atoms with van der Waals surface area (Å²) in [5.41, 5.74) is 0.603. The number of hydrogen-bond acceptors (Lipinski definition) is 3. The number of rotatable bonds is 2. The molecule has 3 heterocycles. The van der Waals surface area contributed by atoms with Gasteiger partial charge in [-0.3, -0.25) is 9.78 Å². The van der Waals surface area contributed by atoms with Crippen molar-refractivity contribution in [3.8, 4) is 0 Å². The van der Waals surface area contributed by atoms with Crippen LogP contribution in [0.25, 0.3) is 0 Å². The Kier molecular flexibility index (Phi) is 5.33. The molecule has 0 saturated carbocycles. The maximum atomic E-state index is 12.5. The lowest BCUT2D eigenvalue weighted by Gasteiger charge is -2.24. The van der Waals surface area contributed by atoms with E-state index in [1.807, 2.05) is 4.90 Å². The zero-order valence-electron chi connectivity index (χ0n) is 14.3. The fourth-order valence-electron chi connectivity index (χ4n) is 3.47. The molecule has 2 atom stereocenters. The number of amides is 3. The van der Waals surface area contributed by atoms with Crippen molar-refractivity contribution in [1.82, 2.24) is 20.1 Å². The molecule has 6 heteroatoms. The number of carbonyl (C=O) groups excluding carboxylic acids is 2. The summed E-state index contributed by atoms with van der Waals surface area (Å²) < 4.78 is 0. The topological polar surface area (TPSA) is 65.5 Å². The predicted molar refractivity (Wildman–Crippen MR) is 91.7 cm³/mol. The first-order chi connectivity index (χ1) is 11.6. The van der Waals surface area contributed by atoms with Crippen LogP contribution < -0.4 is 5.32 Å². The van der Waals surface area contributed by atoms with Crippen LogP contribution in [0, 0.1) is 5.92 Å². The summed E-state index contributed by atoms with van der Waals surface area (Å²) in [5.74, 6) is 0.685. The predicted octanol–water partition coefficient (Wildman–Crippen LogP) is 2.13. The van der Waals surface area contributed by atoms with E-state index in [1.165, 1.54) is 6.42 Å². The number of aromatic nitrogens is 1. The first kappa shape index (κ1) is 16.7. The van der Waals surface area contributed by atoms with Crippen molar-refractivity contribution in [1.29, 1.82) is 0 Å². The van der Waals surface area contributed by atoms with Crippen LogP contribution in [0.2, 0.25) is 0 Å². The highest BCUT2D eigenvalue weighted by Crippen LogP contribution is 2.17. The van der Waals surface area contributed by atoms with Crippen molar-refractivity contribution in [2.24, 2.45) is 5.92 Å². The fraction of sp³-hybridized carbons (Fsp3) is 0.611. The van der Waals surface area contributed by atoms with E-state index in [9.17, 15) is 9.59 Å². The van der Waals surface area contributed by atoms with Gasteiger partial charge in [0.2, 0.25) is 0 Å². The van der Waals surface area contributed by atoms with E-state index in [0.29, 0.717) is 24.6 Å². The van der Waals surface area contributed by atoms with Gasteiger partial charge < -0.3 is 15.1 Å². The van der Waals surface area contributed by atoms with Crippen molar-refractivity contribution in [3.05, 3.63) is 30.1 Å². The minimum atomic E-state index is -0.0107. The summed E-state index contributed by atoms with van der Waals surface area (Å²) >= 11 is 0. The fourth-order valence-corrected chi connectivity index (χ4v) is 3.47. The molecular weight excluding hydrogens is 304 g/mol.